The van der Waals surface area contributed by atoms with E-state index < -0.39 is 0 Å². The van der Waals surface area contributed by atoms with Crippen LogP contribution in [0.25, 0.3) is 0 Å². The number of benzene rings is 1. The summed E-state index contributed by atoms with van der Waals surface area (Å²) in [7, 11) is 0. The Kier molecular flexibility index (Phi) is 4.67. The van der Waals surface area contributed by atoms with E-state index in [1.165, 1.54) is 18.4 Å². The Balaban J connectivity index is 2.11. The average Bonchev–Trinajstić information content (AvgIpc) is 3.15. The molecule has 1 unspecified atom stereocenters. The first kappa shape index (κ1) is 15.0. The summed E-state index contributed by atoms with van der Waals surface area (Å²) in [5, 5.41) is 3.57. The van der Waals surface area contributed by atoms with E-state index in [0.29, 0.717) is 6.04 Å². The van der Waals surface area contributed by atoms with Gasteiger partial charge in [-0.15, -0.1) is 0 Å². The van der Waals surface area contributed by atoms with E-state index in [2.05, 4.69) is 42.0 Å². The Morgan fingerprint density at radius 2 is 2.11 bits per heavy atom. The molecule has 0 aromatic heterocycles. The molecule has 3 heteroatoms. The third kappa shape index (κ3) is 4.03. The molecule has 106 valence electrons. The van der Waals surface area contributed by atoms with Gasteiger partial charge in [-0.1, -0.05) is 42.8 Å². The summed E-state index contributed by atoms with van der Waals surface area (Å²) in [5.41, 5.74) is 1.48. The largest absolute Gasteiger partial charge is 0.314 e. The summed E-state index contributed by atoms with van der Waals surface area (Å²) in [6, 6.07) is 5.55. The molecule has 1 aromatic rings. The van der Waals surface area contributed by atoms with Crippen LogP contribution in [0.2, 0.25) is 0 Å². The van der Waals surface area contributed by atoms with E-state index in [4.69, 9.17) is 0 Å². The van der Waals surface area contributed by atoms with Crippen molar-refractivity contribution in [2.75, 3.05) is 6.54 Å². The standard InChI is InChI=1S/C16H23BrFN/c1-11(2)19-10-16(3,13-5-6-13)9-12-4-7-14(18)8-15(12)17/h4,7-8,11,13,19H,5-6,9-10H2,1-3H3. The molecule has 1 nitrogen and oxygen atoms in total. The summed E-state index contributed by atoms with van der Waals surface area (Å²) in [6.07, 6.45) is 3.66. The molecule has 0 amide bonds. The van der Waals surface area contributed by atoms with Crippen molar-refractivity contribution in [1.82, 2.24) is 5.32 Å². The zero-order valence-corrected chi connectivity index (χ0v) is 13.6. The molecule has 1 fully saturated rings. The fourth-order valence-corrected chi connectivity index (χ4v) is 3.16. The highest BCUT2D eigenvalue weighted by atomic mass is 79.9. The second-order valence-corrected chi connectivity index (χ2v) is 7.23. The first-order chi connectivity index (χ1) is 8.90. The van der Waals surface area contributed by atoms with Crippen LogP contribution < -0.4 is 5.32 Å². The zero-order chi connectivity index (χ0) is 14.0. The number of rotatable bonds is 6. The van der Waals surface area contributed by atoms with Crippen molar-refractivity contribution in [3.8, 4) is 0 Å². The smallest absolute Gasteiger partial charge is 0.124 e. The SMILES string of the molecule is CC(C)NCC(C)(Cc1ccc(F)cc1Br)C1CC1. The number of nitrogens with one attached hydrogen (secondary N) is 1. The lowest BCUT2D eigenvalue weighted by Crippen LogP contribution is -2.38. The Morgan fingerprint density at radius 3 is 2.63 bits per heavy atom. The van der Waals surface area contributed by atoms with Gasteiger partial charge in [-0.25, -0.2) is 4.39 Å². The van der Waals surface area contributed by atoms with Crippen LogP contribution >= 0.6 is 15.9 Å². The van der Waals surface area contributed by atoms with Crippen molar-refractivity contribution < 1.29 is 4.39 Å². The molecule has 0 saturated heterocycles. The quantitative estimate of drug-likeness (QED) is 0.808. The molecule has 0 radical (unpaired) electrons. The second kappa shape index (κ2) is 5.92. The van der Waals surface area contributed by atoms with Gasteiger partial charge in [0.15, 0.2) is 0 Å². The molecule has 1 aliphatic rings. The fourth-order valence-electron chi connectivity index (χ4n) is 2.67. The van der Waals surface area contributed by atoms with Gasteiger partial charge < -0.3 is 5.32 Å². The van der Waals surface area contributed by atoms with E-state index in [1.807, 2.05) is 6.07 Å². The fraction of sp³-hybridized carbons (Fsp3) is 0.625. The molecule has 19 heavy (non-hydrogen) atoms. The van der Waals surface area contributed by atoms with Gasteiger partial charge in [0.1, 0.15) is 5.82 Å². The van der Waals surface area contributed by atoms with Crippen molar-refractivity contribution >= 4 is 15.9 Å². The van der Waals surface area contributed by atoms with Crippen molar-refractivity contribution in [3.05, 3.63) is 34.1 Å². The summed E-state index contributed by atoms with van der Waals surface area (Å²) in [4.78, 5) is 0. The van der Waals surface area contributed by atoms with Gasteiger partial charge in [-0.05, 0) is 48.3 Å². The molecule has 1 N–H and O–H groups in total. The van der Waals surface area contributed by atoms with Gasteiger partial charge in [-0.2, -0.15) is 0 Å². The first-order valence-corrected chi connectivity index (χ1v) is 7.87. The molecular weight excluding hydrogens is 305 g/mol. The van der Waals surface area contributed by atoms with E-state index in [9.17, 15) is 4.39 Å². The lowest BCUT2D eigenvalue weighted by molar-refractivity contribution is 0.248. The topological polar surface area (TPSA) is 12.0 Å². The van der Waals surface area contributed by atoms with E-state index in [0.717, 1.165) is 23.4 Å². The number of hydrogen-bond acceptors (Lipinski definition) is 1. The minimum atomic E-state index is -0.177. The van der Waals surface area contributed by atoms with Crippen LogP contribution in [-0.2, 0) is 6.42 Å². The second-order valence-electron chi connectivity index (χ2n) is 6.38. The number of hydrogen-bond donors (Lipinski definition) is 1. The van der Waals surface area contributed by atoms with Gasteiger partial charge in [0, 0.05) is 17.1 Å². The highest BCUT2D eigenvalue weighted by molar-refractivity contribution is 9.10. The van der Waals surface area contributed by atoms with Crippen LogP contribution in [0.5, 0.6) is 0 Å². The highest BCUT2D eigenvalue weighted by Gasteiger charge is 2.41. The summed E-state index contributed by atoms with van der Waals surface area (Å²) >= 11 is 3.49. The van der Waals surface area contributed by atoms with Gasteiger partial charge >= 0.3 is 0 Å². The van der Waals surface area contributed by atoms with Gasteiger partial charge in [0.25, 0.3) is 0 Å². The predicted molar refractivity (Wildman–Crippen MR) is 81.8 cm³/mol. The van der Waals surface area contributed by atoms with Crippen LogP contribution in [-0.4, -0.2) is 12.6 Å². The molecule has 0 heterocycles. The summed E-state index contributed by atoms with van der Waals surface area (Å²) in [6.45, 7) is 7.75. The maximum Gasteiger partial charge on any atom is 0.124 e. The van der Waals surface area contributed by atoms with Crippen molar-refractivity contribution in [2.24, 2.45) is 11.3 Å². The lowest BCUT2D eigenvalue weighted by atomic mass is 9.78. The lowest BCUT2D eigenvalue weighted by Gasteiger charge is -2.32. The van der Waals surface area contributed by atoms with Crippen LogP contribution in [0.4, 0.5) is 4.39 Å². The van der Waals surface area contributed by atoms with Gasteiger partial charge in [0.2, 0.25) is 0 Å². The van der Waals surface area contributed by atoms with Crippen LogP contribution in [0.3, 0.4) is 0 Å². The molecule has 1 atom stereocenters. The highest BCUT2D eigenvalue weighted by Crippen LogP contribution is 2.47. The average molecular weight is 328 g/mol. The van der Waals surface area contributed by atoms with Crippen molar-refractivity contribution in [3.63, 3.8) is 0 Å². The van der Waals surface area contributed by atoms with E-state index in [-0.39, 0.29) is 11.2 Å². The Bertz CT molecular complexity index is 442. The summed E-state index contributed by atoms with van der Waals surface area (Å²) in [5.74, 6) is 0.625. The first-order valence-electron chi connectivity index (χ1n) is 7.08. The minimum absolute atomic E-state index is 0.177. The normalized spacial score (nSPS) is 18.6. The van der Waals surface area contributed by atoms with E-state index >= 15 is 0 Å². The zero-order valence-electron chi connectivity index (χ0n) is 12.0. The minimum Gasteiger partial charge on any atom is -0.314 e. The summed E-state index contributed by atoms with van der Waals surface area (Å²) < 4.78 is 14.1. The molecule has 1 aromatic carbocycles. The van der Waals surface area contributed by atoms with Crippen LogP contribution in [0.15, 0.2) is 22.7 Å². The predicted octanol–water partition coefficient (Wildman–Crippen LogP) is 4.55. The molecule has 1 saturated carbocycles. The molecule has 2 rings (SSSR count). The molecule has 1 aliphatic carbocycles. The molecule has 0 spiro atoms. The third-order valence-corrected chi connectivity index (χ3v) is 4.82. The van der Waals surface area contributed by atoms with E-state index in [1.54, 1.807) is 12.1 Å². The number of halogens is 2. The monoisotopic (exact) mass is 327 g/mol. The van der Waals surface area contributed by atoms with Gasteiger partial charge in [0.05, 0.1) is 0 Å². The Morgan fingerprint density at radius 1 is 1.42 bits per heavy atom. The maximum atomic E-state index is 13.2. The van der Waals surface area contributed by atoms with Crippen molar-refractivity contribution in [1.29, 1.82) is 0 Å². The molecule has 0 aliphatic heterocycles. The Labute approximate surface area is 124 Å². The third-order valence-electron chi connectivity index (χ3n) is 4.09. The maximum absolute atomic E-state index is 13.2. The van der Waals surface area contributed by atoms with Crippen molar-refractivity contribution in [2.45, 2.75) is 46.1 Å². The molecule has 0 bridgehead atoms. The molecular formula is C16H23BrFN. The van der Waals surface area contributed by atoms with Crippen LogP contribution in [0, 0.1) is 17.2 Å². The van der Waals surface area contributed by atoms with Gasteiger partial charge in [-0.3, -0.25) is 0 Å². The van der Waals surface area contributed by atoms with Crippen LogP contribution in [0.1, 0.15) is 39.2 Å². The Hall–Kier alpha value is -0.410.